The molecule has 5 nitrogen and oxygen atoms in total. The molecule has 1 saturated carbocycles. The Morgan fingerprint density at radius 3 is 2.47 bits per heavy atom. The van der Waals surface area contributed by atoms with Gasteiger partial charge in [-0.1, -0.05) is 19.3 Å². The minimum atomic E-state index is -0.192. The van der Waals surface area contributed by atoms with E-state index in [1.165, 1.54) is 32.1 Å². The molecule has 0 saturated heterocycles. The molecule has 1 aliphatic rings. The van der Waals surface area contributed by atoms with Crippen LogP contribution in [0.3, 0.4) is 0 Å². The molecule has 0 amide bonds. The lowest BCUT2D eigenvalue weighted by molar-refractivity contribution is 0.441. The van der Waals surface area contributed by atoms with Crippen LogP contribution in [-0.4, -0.2) is 21.0 Å². The van der Waals surface area contributed by atoms with Gasteiger partial charge in [-0.25, -0.2) is 4.79 Å². The Morgan fingerprint density at radius 2 is 1.88 bits per heavy atom. The van der Waals surface area contributed by atoms with Crippen molar-refractivity contribution in [3.05, 3.63) is 28.9 Å². The van der Waals surface area contributed by atoms with Crippen molar-refractivity contribution < 1.29 is 0 Å². The molecular formula is C12H18N4O. The maximum absolute atomic E-state index is 10.6. The van der Waals surface area contributed by atoms with E-state index in [4.69, 9.17) is 5.73 Å². The fraction of sp³-hybridized carbons (Fsp3) is 0.500. The van der Waals surface area contributed by atoms with Crippen molar-refractivity contribution >= 4 is 11.0 Å². The minimum absolute atomic E-state index is 0.192. The lowest BCUT2D eigenvalue weighted by Crippen LogP contribution is -2.22. The van der Waals surface area contributed by atoms with E-state index in [-0.39, 0.29) is 5.69 Å². The highest BCUT2D eigenvalue weighted by atomic mass is 16.1. The molecular weight excluding hydrogens is 216 g/mol. The number of hydrogen-bond acceptors (Lipinski definition) is 3. The number of nitrogens with two attached hydrogens (primary N) is 1. The smallest absolute Gasteiger partial charge is 0.323 e. The zero-order chi connectivity index (χ0) is 12.1. The summed E-state index contributed by atoms with van der Waals surface area (Å²) >= 11 is 0. The summed E-state index contributed by atoms with van der Waals surface area (Å²) in [5.41, 5.74) is 6.98. The van der Waals surface area contributed by atoms with Gasteiger partial charge in [0.2, 0.25) is 0 Å². The molecule has 3 rings (SSSR count). The highest BCUT2D eigenvalue weighted by Gasteiger charge is 2.06. The molecule has 2 aromatic rings. The maximum Gasteiger partial charge on any atom is 0.323 e. The predicted octanol–water partition coefficient (Wildman–Crippen LogP) is 1.53. The third kappa shape index (κ3) is 3.42. The van der Waals surface area contributed by atoms with Crippen LogP contribution in [-0.2, 0) is 0 Å². The van der Waals surface area contributed by atoms with Crippen molar-refractivity contribution in [3.63, 3.8) is 0 Å². The lowest BCUT2D eigenvalue weighted by atomic mass is 9.97. The van der Waals surface area contributed by atoms with Crippen LogP contribution in [0.25, 0.3) is 11.0 Å². The summed E-state index contributed by atoms with van der Waals surface area (Å²) in [4.78, 5) is 19.7. The second-order valence-electron chi connectivity index (χ2n) is 4.40. The topological polar surface area (TPSA) is 87.6 Å². The fourth-order valence-corrected chi connectivity index (χ4v) is 2.01. The van der Waals surface area contributed by atoms with Gasteiger partial charge in [-0.3, -0.25) is 4.98 Å². The number of fused-ring (bicyclic) bond motifs is 1. The first-order chi connectivity index (χ1) is 8.25. The van der Waals surface area contributed by atoms with E-state index >= 15 is 0 Å². The first-order valence-electron chi connectivity index (χ1n) is 6.03. The highest BCUT2D eigenvalue weighted by molar-refractivity contribution is 5.72. The molecule has 0 unspecified atom stereocenters. The molecule has 2 aromatic heterocycles. The molecule has 0 spiro atoms. The summed E-state index contributed by atoms with van der Waals surface area (Å²) in [6, 6.07) is 2.28. The van der Waals surface area contributed by atoms with Gasteiger partial charge in [0, 0.05) is 12.2 Å². The summed E-state index contributed by atoms with van der Waals surface area (Å²) in [7, 11) is 0. The van der Waals surface area contributed by atoms with E-state index in [1.807, 2.05) is 0 Å². The Morgan fingerprint density at radius 1 is 1.18 bits per heavy atom. The predicted molar refractivity (Wildman–Crippen MR) is 67.8 cm³/mol. The molecule has 5 heteroatoms. The molecule has 1 aliphatic carbocycles. The minimum Gasteiger partial charge on any atom is -0.328 e. The Balaban J connectivity index is 0.000000136. The average molecular weight is 234 g/mol. The first kappa shape index (κ1) is 11.9. The zero-order valence-electron chi connectivity index (χ0n) is 9.78. The molecule has 0 bridgehead atoms. The van der Waals surface area contributed by atoms with Crippen LogP contribution >= 0.6 is 0 Å². The Bertz CT molecular complexity index is 474. The number of imidazole rings is 1. The number of nitrogens with one attached hydrogen (secondary N) is 2. The van der Waals surface area contributed by atoms with Crippen LogP contribution in [0.5, 0.6) is 0 Å². The molecule has 0 radical (unpaired) electrons. The SMILES string of the molecule is NC1CCCCC1.O=c1[nH]c2ccncc2[nH]1. The van der Waals surface area contributed by atoms with Gasteiger partial charge in [0.25, 0.3) is 0 Å². The molecule has 92 valence electrons. The number of aromatic amines is 2. The third-order valence-electron chi connectivity index (χ3n) is 2.97. The van der Waals surface area contributed by atoms with Crippen molar-refractivity contribution in [2.45, 2.75) is 38.1 Å². The number of aromatic nitrogens is 3. The van der Waals surface area contributed by atoms with E-state index < -0.39 is 0 Å². The molecule has 0 atom stereocenters. The highest BCUT2D eigenvalue weighted by Crippen LogP contribution is 2.14. The number of pyridine rings is 1. The largest absolute Gasteiger partial charge is 0.328 e. The Labute approximate surface area is 99.5 Å². The lowest BCUT2D eigenvalue weighted by Gasteiger charge is -2.15. The van der Waals surface area contributed by atoms with Crippen LogP contribution in [0, 0.1) is 0 Å². The maximum atomic E-state index is 10.6. The molecule has 0 aromatic carbocycles. The molecule has 2 heterocycles. The van der Waals surface area contributed by atoms with Crippen LogP contribution in [0.4, 0.5) is 0 Å². The number of H-pyrrole nitrogens is 2. The molecule has 1 fully saturated rings. The first-order valence-corrected chi connectivity index (χ1v) is 6.03. The van der Waals surface area contributed by atoms with Crippen molar-refractivity contribution in [1.29, 1.82) is 0 Å². The van der Waals surface area contributed by atoms with Gasteiger partial charge in [0.15, 0.2) is 0 Å². The summed E-state index contributed by atoms with van der Waals surface area (Å²) in [5, 5.41) is 0. The second kappa shape index (κ2) is 5.63. The Hall–Kier alpha value is -1.62. The zero-order valence-corrected chi connectivity index (χ0v) is 9.78. The van der Waals surface area contributed by atoms with Gasteiger partial charge < -0.3 is 15.7 Å². The van der Waals surface area contributed by atoms with Gasteiger partial charge in [-0.15, -0.1) is 0 Å². The van der Waals surface area contributed by atoms with Gasteiger partial charge in [-0.05, 0) is 18.9 Å². The molecule has 0 aliphatic heterocycles. The van der Waals surface area contributed by atoms with Crippen LogP contribution in [0.15, 0.2) is 23.3 Å². The Kier molecular flexibility index (Phi) is 3.93. The normalized spacial score (nSPS) is 16.5. The van der Waals surface area contributed by atoms with E-state index in [9.17, 15) is 4.79 Å². The monoisotopic (exact) mass is 234 g/mol. The molecule has 17 heavy (non-hydrogen) atoms. The number of rotatable bonds is 0. The van der Waals surface area contributed by atoms with Gasteiger partial charge >= 0.3 is 5.69 Å². The summed E-state index contributed by atoms with van der Waals surface area (Å²) in [6.07, 6.45) is 9.90. The van der Waals surface area contributed by atoms with Crippen molar-refractivity contribution in [2.75, 3.05) is 0 Å². The van der Waals surface area contributed by atoms with E-state index in [1.54, 1.807) is 18.5 Å². The summed E-state index contributed by atoms with van der Waals surface area (Å²) in [5.74, 6) is 0. The van der Waals surface area contributed by atoms with Crippen LogP contribution in [0.1, 0.15) is 32.1 Å². The van der Waals surface area contributed by atoms with E-state index in [0.717, 1.165) is 11.0 Å². The van der Waals surface area contributed by atoms with Gasteiger partial charge in [-0.2, -0.15) is 0 Å². The van der Waals surface area contributed by atoms with E-state index in [0.29, 0.717) is 6.04 Å². The number of nitrogens with zero attached hydrogens (tertiary/aromatic N) is 1. The summed E-state index contributed by atoms with van der Waals surface area (Å²) < 4.78 is 0. The third-order valence-corrected chi connectivity index (χ3v) is 2.97. The van der Waals surface area contributed by atoms with Gasteiger partial charge in [0.05, 0.1) is 17.2 Å². The quantitative estimate of drug-likeness (QED) is 0.646. The van der Waals surface area contributed by atoms with Crippen molar-refractivity contribution in [3.8, 4) is 0 Å². The molecule has 4 N–H and O–H groups in total. The average Bonchev–Trinajstić information content (AvgIpc) is 2.71. The standard InChI is InChI=1S/C6H5N3O.C6H13N/c10-6-8-4-1-2-7-3-5(4)9-6;7-6-4-2-1-3-5-6/h1-3H,(H2,8,9,10);6H,1-5,7H2. The van der Waals surface area contributed by atoms with Gasteiger partial charge in [0.1, 0.15) is 0 Å². The van der Waals surface area contributed by atoms with Crippen LogP contribution in [0.2, 0.25) is 0 Å². The van der Waals surface area contributed by atoms with Crippen LogP contribution < -0.4 is 11.4 Å². The fourth-order valence-electron chi connectivity index (χ4n) is 2.01. The van der Waals surface area contributed by atoms with Crippen molar-refractivity contribution in [2.24, 2.45) is 5.73 Å². The second-order valence-corrected chi connectivity index (χ2v) is 4.40. The number of hydrogen-bond donors (Lipinski definition) is 3. The summed E-state index contributed by atoms with van der Waals surface area (Å²) in [6.45, 7) is 0. The van der Waals surface area contributed by atoms with E-state index in [2.05, 4.69) is 15.0 Å². The van der Waals surface area contributed by atoms with Crippen molar-refractivity contribution in [1.82, 2.24) is 15.0 Å².